The molecule has 0 saturated heterocycles. The summed E-state index contributed by atoms with van der Waals surface area (Å²) in [6.45, 7) is 4.49. The average Bonchev–Trinajstić information content (AvgIpc) is 3.10. The van der Waals surface area contributed by atoms with Gasteiger partial charge in [0.25, 0.3) is 5.91 Å². The Hall–Kier alpha value is -4.92. The quantitative estimate of drug-likeness (QED) is 0.233. The van der Waals surface area contributed by atoms with Gasteiger partial charge >= 0.3 is 0 Å². The van der Waals surface area contributed by atoms with E-state index >= 15 is 8.78 Å². The van der Waals surface area contributed by atoms with Gasteiger partial charge in [0.05, 0.1) is 23.6 Å². The normalized spacial score (nSPS) is 17.2. The second-order valence-electron chi connectivity index (χ2n) is 11.4. The number of phenols is 1. The van der Waals surface area contributed by atoms with E-state index in [1.807, 2.05) is 44.2 Å². The third-order valence-electron chi connectivity index (χ3n) is 7.53. The number of hydrogen-bond acceptors (Lipinski definition) is 5. The zero-order valence-corrected chi connectivity index (χ0v) is 23.5. The van der Waals surface area contributed by atoms with E-state index < -0.39 is 35.0 Å². The summed E-state index contributed by atoms with van der Waals surface area (Å²) in [4.78, 5) is 15.4. The lowest BCUT2D eigenvalue weighted by Crippen LogP contribution is -2.39. The van der Waals surface area contributed by atoms with Crippen molar-refractivity contribution in [1.82, 2.24) is 0 Å². The molecule has 9 heteroatoms. The molecular weight excluding hydrogens is 557 g/mol. The lowest BCUT2D eigenvalue weighted by Gasteiger charge is -2.38. The van der Waals surface area contributed by atoms with Gasteiger partial charge in [-0.2, -0.15) is 0 Å². The number of amides is 1. The monoisotopic (exact) mass is 586 g/mol. The van der Waals surface area contributed by atoms with Crippen molar-refractivity contribution in [2.24, 2.45) is 5.41 Å². The molecule has 0 spiro atoms. The molecule has 0 radical (unpaired) electrons. The first-order valence-corrected chi connectivity index (χ1v) is 13.8. The number of carbonyl (C=O) groups is 1. The number of nitrogens with zero attached hydrogens (tertiary/aromatic N) is 1. The van der Waals surface area contributed by atoms with Gasteiger partial charge < -0.3 is 19.9 Å². The van der Waals surface area contributed by atoms with Gasteiger partial charge in [-0.05, 0) is 48.4 Å². The van der Waals surface area contributed by atoms with Crippen LogP contribution in [0.5, 0.6) is 11.5 Å². The number of benzene rings is 4. The van der Waals surface area contributed by atoms with E-state index in [2.05, 4.69) is 5.32 Å². The number of fused-ring (bicyclic) bond motifs is 1. The summed E-state index contributed by atoms with van der Waals surface area (Å²) < 4.78 is 57.1. The molecule has 2 aliphatic heterocycles. The summed E-state index contributed by atoms with van der Waals surface area (Å²) in [6.07, 6.45) is 0.458. The predicted octanol–water partition coefficient (Wildman–Crippen LogP) is 7.86. The second-order valence-corrected chi connectivity index (χ2v) is 11.4. The number of para-hydroxylation sites is 1. The van der Waals surface area contributed by atoms with Crippen LogP contribution in [0.4, 0.5) is 24.5 Å². The third kappa shape index (κ3) is 5.50. The maximum absolute atomic E-state index is 16.1. The fraction of sp³-hybridized carbons (Fsp3) is 0.206. The molecule has 43 heavy (non-hydrogen) atoms. The maximum atomic E-state index is 16.1. The number of halogens is 3. The van der Waals surface area contributed by atoms with Crippen LogP contribution in [0, 0.1) is 22.9 Å². The molecule has 4 aromatic carbocycles. The van der Waals surface area contributed by atoms with Crippen LogP contribution in [0.1, 0.15) is 47.8 Å². The Bertz CT molecular complexity index is 1740. The number of hydrogen-bond donors (Lipinski definition) is 2. The van der Waals surface area contributed by atoms with Crippen LogP contribution in [0.3, 0.4) is 0 Å². The van der Waals surface area contributed by atoms with E-state index in [0.29, 0.717) is 18.2 Å². The molecule has 6 rings (SSSR count). The van der Waals surface area contributed by atoms with Crippen LogP contribution in [0.2, 0.25) is 0 Å². The van der Waals surface area contributed by atoms with E-state index in [-0.39, 0.29) is 52.8 Å². The molecule has 220 valence electrons. The van der Waals surface area contributed by atoms with Crippen LogP contribution in [-0.2, 0) is 11.3 Å². The molecule has 1 atom stereocenters. The summed E-state index contributed by atoms with van der Waals surface area (Å²) >= 11 is 0. The molecule has 1 unspecified atom stereocenters. The summed E-state index contributed by atoms with van der Waals surface area (Å²) in [7, 11) is 0. The van der Waals surface area contributed by atoms with Crippen molar-refractivity contribution < 1.29 is 32.5 Å². The number of phenolic OH excluding ortho intramolecular Hbond substituents is 1. The number of ether oxygens (including phenoxy) is 2. The minimum atomic E-state index is -1.21. The smallest absolute Gasteiger partial charge is 0.262 e. The highest BCUT2D eigenvalue weighted by Crippen LogP contribution is 2.50. The van der Waals surface area contributed by atoms with Crippen molar-refractivity contribution >= 4 is 17.3 Å². The lowest BCUT2D eigenvalue weighted by molar-refractivity contribution is 0.0756. The average molecular weight is 587 g/mol. The predicted molar refractivity (Wildman–Crippen MR) is 156 cm³/mol. The lowest BCUT2D eigenvalue weighted by atomic mass is 9.85. The number of aromatic hydroxyl groups is 1. The molecule has 0 saturated carbocycles. The fourth-order valence-electron chi connectivity index (χ4n) is 5.45. The van der Waals surface area contributed by atoms with Crippen LogP contribution in [0.25, 0.3) is 0 Å². The molecule has 1 amide bonds. The third-order valence-corrected chi connectivity index (χ3v) is 7.53. The minimum Gasteiger partial charge on any atom is -0.506 e. The summed E-state index contributed by atoms with van der Waals surface area (Å²) in [5, 5.41) is 14.1. The Balaban J connectivity index is 1.51. The van der Waals surface area contributed by atoms with E-state index in [4.69, 9.17) is 9.47 Å². The van der Waals surface area contributed by atoms with Crippen molar-refractivity contribution in [3.8, 4) is 11.5 Å². The molecule has 2 heterocycles. The largest absolute Gasteiger partial charge is 0.506 e. The van der Waals surface area contributed by atoms with Crippen molar-refractivity contribution in [1.29, 1.82) is 0 Å². The van der Waals surface area contributed by atoms with Crippen LogP contribution < -0.4 is 15.0 Å². The SMILES string of the molecule is CC1(C)COC2=C(C1)Nc1c(O)cccc1N(C(=O)c1ccc(F)cc1F)C2c1ccc(OCc2ccccc2)cc1F. The number of nitrogens with one attached hydrogen (secondary N) is 1. The van der Waals surface area contributed by atoms with E-state index in [9.17, 15) is 14.3 Å². The fourth-order valence-corrected chi connectivity index (χ4v) is 5.45. The Morgan fingerprint density at radius 2 is 1.79 bits per heavy atom. The van der Waals surface area contributed by atoms with Gasteiger partial charge in [0, 0.05) is 23.1 Å². The van der Waals surface area contributed by atoms with E-state index in [0.717, 1.165) is 17.7 Å². The first-order valence-electron chi connectivity index (χ1n) is 13.8. The molecular formula is C34H29F3N2O4. The van der Waals surface area contributed by atoms with Gasteiger partial charge in [-0.25, -0.2) is 13.2 Å². The van der Waals surface area contributed by atoms with E-state index in [1.54, 1.807) is 12.1 Å². The molecule has 0 bridgehead atoms. The van der Waals surface area contributed by atoms with Crippen molar-refractivity contribution in [2.75, 3.05) is 16.8 Å². The number of rotatable bonds is 5. The highest BCUT2D eigenvalue weighted by atomic mass is 19.1. The zero-order chi connectivity index (χ0) is 30.3. The highest BCUT2D eigenvalue weighted by Gasteiger charge is 2.43. The minimum absolute atomic E-state index is 0.0631. The molecule has 0 aliphatic carbocycles. The van der Waals surface area contributed by atoms with E-state index in [1.165, 1.54) is 29.2 Å². The second kappa shape index (κ2) is 11.1. The van der Waals surface area contributed by atoms with Gasteiger partial charge in [0.15, 0.2) is 0 Å². The summed E-state index contributed by atoms with van der Waals surface area (Å²) in [5.41, 5.74) is 1.11. The van der Waals surface area contributed by atoms with Crippen LogP contribution in [-0.4, -0.2) is 17.6 Å². The van der Waals surface area contributed by atoms with Crippen molar-refractivity contribution in [2.45, 2.75) is 32.9 Å². The Morgan fingerprint density at radius 1 is 1.00 bits per heavy atom. The number of anilines is 2. The molecule has 6 nitrogen and oxygen atoms in total. The molecule has 2 N–H and O–H groups in total. The Kier molecular flexibility index (Phi) is 7.25. The zero-order valence-electron chi connectivity index (χ0n) is 23.5. The van der Waals surface area contributed by atoms with Crippen molar-refractivity contribution in [3.05, 3.63) is 131 Å². The maximum Gasteiger partial charge on any atom is 0.262 e. The Morgan fingerprint density at radius 3 is 2.53 bits per heavy atom. The standard InChI is InChI=1S/C34H29F3N2O4/c1-34(2)17-27-32(43-19-34)31(23-14-12-22(16-26(23)37)42-18-20-7-4-3-5-8-20)39(28-9-6-10-29(40)30(28)38-27)33(41)24-13-11-21(35)15-25(24)36/h3-16,31,38,40H,17-19H2,1-2H3. The molecule has 2 aliphatic rings. The topological polar surface area (TPSA) is 71.0 Å². The molecule has 0 aromatic heterocycles. The van der Waals surface area contributed by atoms with Gasteiger partial charge in [0.2, 0.25) is 0 Å². The number of carbonyl (C=O) groups excluding carboxylic acids is 1. The summed E-state index contributed by atoms with van der Waals surface area (Å²) in [5.74, 6) is -3.12. The summed E-state index contributed by atoms with van der Waals surface area (Å²) in [6, 6.07) is 19.7. The van der Waals surface area contributed by atoms with Crippen molar-refractivity contribution in [3.63, 3.8) is 0 Å². The van der Waals surface area contributed by atoms with Gasteiger partial charge in [-0.3, -0.25) is 9.69 Å². The first kappa shape index (κ1) is 28.2. The first-order chi connectivity index (χ1) is 20.6. The molecule has 4 aromatic rings. The van der Waals surface area contributed by atoms with Gasteiger partial charge in [-0.15, -0.1) is 0 Å². The van der Waals surface area contributed by atoms with Crippen LogP contribution >= 0.6 is 0 Å². The Labute approximate surface area is 247 Å². The highest BCUT2D eigenvalue weighted by molar-refractivity contribution is 6.09. The molecule has 0 fully saturated rings. The number of allylic oxidation sites excluding steroid dienone is 1. The van der Waals surface area contributed by atoms with Gasteiger partial charge in [-0.1, -0.05) is 50.2 Å². The van der Waals surface area contributed by atoms with Gasteiger partial charge in [0.1, 0.15) is 53.0 Å². The van der Waals surface area contributed by atoms with Crippen LogP contribution in [0.15, 0.2) is 96.4 Å².